The Hall–Kier alpha value is -3.17. The number of carbonyl (C=O) groups is 1. The van der Waals surface area contributed by atoms with Crippen LogP contribution < -0.4 is 10.1 Å². The van der Waals surface area contributed by atoms with E-state index in [1.54, 1.807) is 31.4 Å². The molecule has 0 radical (unpaired) electrons. The number of rotatable bonds is 6. The van der Waals surface area contributed by atoms with Crippen molar-refractivity contribution in [1.82, 2.24) is 4.98 Å². The average molecular weight is 363 g/mol. The average Bonchev–Trinajstić information content (AvgIpc) is 3.16. The third kappa shape index (κ3) is 4.26. The number of methoxy groups -OCH3 is 1. The fourth-order valence-electron chi connectivity index (χ4n) is 2.44. The summed E-state index contributed by atoms with van der Waals surface area (Å²) in [5.41, 5.74) is 2.90. The fourth-order valence-corrected chi connectivity index (χ4v) is 3.25. The van der Waals surface area contributed by atoms with Crippen molar-refractivity contribution in [3.8, 4) is 23.1 Å². The lowest BCUT2D eigenvalue weighted by atomic mass is 10.1. The quantitative estimate of drug-likeness (QED) is 0.710. The number of carbonyl (C=O) groups excluding carboxylic acids is 1. The van der Waals surface area contributed by atoms with Crippen molar-refractivity contribution >= 4 is 22.9 Å². The minimum absolute atomic E-state index is 0.131. The Morgan fingerprint density at radius 2 is 2.00 bits per heavy atom. The molecule has 26 heavy (non-hydrogen) atoms. The molecule has 0 aliphatic heterocycles. The minimum atomic E-state index is -0.131. The zero-order valence-electron chi connectivity index (χ0n) is 14.2. The van der Waals surface area contributed by atoms with E-state index in [9.17, 15) is 4.79 Å². The predicted molar refractivity (Wildman–Crippen MR) is 102 cm³/mol. The lowest BCUT2D eigenvalue weighted by Crippen LogP contribution is -2.13. The number of nitriles is 1. The van der Waals surface area contributed by atoms with Gasteiger partial charge in [-0.3, -0.25) is 4.79 Å². The second-order valence-corrected chi connectivity index (χ2v) is 6.50. The van der Waals surface area contributed by atoms with Gasteiger partial charge in [-0.05, 0) is 36.4 Å². The van der Waals surface area contributed by atoms with Crippen molar-refractivity contribution in [3.63, 3.8) is 0 Å². The molecule has 0 bridgehead atoms. The zero-order valence-corrected chi connectivity index (χ0v) is 15.0. The highest BCUT2D eigenvalue weighted by Crippen LogP contribution is 2.24. The Morgan fingerprint density at radius 3 is 2.73 bits per heavy atom. The first kappa shape index (κ1) is 17.6. The lowest BCUT2D eigenvalue weighted by Gasteiger charge is -2.05. The summed E-state index contributed by atoms with van der Waals surface area (Å²) < 4.78 is 5.16. The van der Waals surface area contributed by atoms with Gasteiger partial charge in [0.05, 0.1) is 29.1 Å². The first-order chi connectivity index (χ1) is 12.7. The van der Waals surface area contributed by atoms with E-state index in [0.717, 1.165) is 22.0 Å². The molecule has 1 amide bonds. The zero-order chi connectivity index (χ0) is 18.4. The van der Waals surface area contributed by atoms with Gasteiger partial charge >= 0.3 is 0 Å². The van der Waals surface area contributed by atoms with Crippen molar-refractivity contribution in [1.29, 1.82) is 5.26 Å². The van der Waals surface area contributed by atoms with Crippen LogP contribution in [0.15, 0.2) is 53.9 Å². The molecule has 0 atom stereocenters. The number of amides is 1. The molecule has 0 saturated heterocycles. The number of hydrogen-bond donors (Lipinski definition) is 1. The fraction of sp³-hybridized carbons (Fsp3) is 0.150. The van der Waals surface area contributed by atoms with Crippen LogP contribution in [0, 0.1) is 11.3 Å². The summed E-state index contributed by atoms with van der Waals surface area (Å²) in [5.74, 6) is 0.674. The smallest absolute Gasteiger partial charge is 0.224 e. The number of nitrogens with one attached hydrogen (secondary N) is 1. The lowest BCUT2D eigenvalue weighted by molar-refractivity contribution is -0.116. The van der Waals surface area contributed by atoms with Crippen LogP contribution in [0.1, 0.15) is 17.0 Å². The Kier molecular flexibility index (Phi) is 5.62. The van der Waals surface area contributed by atoms with Gasteiger partial charge in [-0.25, -0.2) is 4.98 Å². The van der Waals surface area contributed by atoms with Crippen molar-refractivity contribution in [3.05, 3.63) is 64.5 Å². The number of thiazole rings is 1. The van der Waals surface area contributed by atoms with Crippen molar-refractivity contribution in [2.24, 2.45) is 0 Å². The maximum Gasteiger partial charge on any atom is 0.224 e. The molecule has 0 fully saturated rings. The van der Waals surface area contributed by atoms with Gasteiger partial charge in [0.15, 0.2) is 0 Å². The van der Waals surface area contributed by atoms with Crippen LogP contribution >= 0.6 is 11.3 Å². The van der Waals surface area contributed by atoms with E-state index >= 15 is 0 Å². The second kappa shape index (κ2) is 8.28. The third-order valence-electron chi connectivity index (χ3n) is 3.83. The number of benzene rings is 2. The number of anilines is 1. The van der Waals surface area contributed by atoms with Gasteiger partial charge in [0.25, 0.3) is 0 Å². The van der Waals surface area contributed by atoms with Gasteiger partial charge in [0.1, 0.15) is 11.8 Å². The van der Waals surface area contributed by atoms with Gasteiger partial charge < -0.3 is 10.1 Å². The van der Waals surface area contributed by atoms with Gasteiger partial charge in [0, 0.05) is 23.8 Å². The molecule has 3 aromatic rings. The van der Waals surface area contributed by atoms with E-state index in [2.05, 4.69) is 16.4 Å². The summed E-state index contributed by atoms with van der Waals surface area (Å²) >= 11 is 1.54. The third-order valence-corrected chi connectivity index (χ3v) is 4.73. The highest BCUT2D eigenvalue weighted by atomic mass is 32.1. The highest BCUT2D eigenvalue weighted by molar-refractivity contribution is 7.09. The Morgan fingerprint density at radius 1 is 1.23 bits per heavy atom. The number of nitrogens with zero attached hydrogens (tertiary/aromatic N) is 2. The number of hydrogen-bond acceptors (Lipinski definition) is 5. The maximum absolute atomic E-state index is 12.1. The second-order valence-electron chi connectivity index (χ2n) is 5.56. The van der Waals surface area contributed by atoms with Gasteiger partial charge in [-0.1, -0.05) is 12.1 Å². The molecule has 130 valence electrons. The van der Waals surface area contributed by atoms with Gasteiger partial charge in [-0.2, -0.15) is 5.26 Å². The molecular formula is C20H17N3O2S. The predicted octanol–water partition coefficient (Wildman–Crippen LogP) is 4.26. The van der Waals surface area contributed by atoms with E-state index in [0.29, 0.717) is 24.1 Å². The highest BCUT2D eigenvalue weighted by Gasteiger charge is 2.09. The van der Waals surface area contributed by atoms with Crippen LogP contribution in [-0.2, 0) is 11.2 Å². The van der Waals surface area contributed by atoms with Crippen LogP contribution in [-0.4, -0.2) is 18.0 Å². The molecule has 0 spiro atoms. The SMILES string of the molecule is COc1ccc(-c2csc(CCC(=O)Nc3ccccc3C#N)n2)cc1. The molecule has 0 unspecified atom stereocenters. The van der Waals surface area contributed by atoms with Crippen molar-refractivity contribution in [2.75, 3.05) is 12.4 Å². The molecule has 2 aromatic carbocycles. The van der Waals surface area contributed by atoms with Crippen LogP contribution in [0.5, 0.6) is 5.75 Å². The number of aryl methyl sites for hydroxylation is 1. The monoisotopic (exact) mass is 363 g/mol. The first-order valence-electron chi connectivity index (χ1n) is 8.07. The van der Waals surface area contributed by atoms with Gasteiger partial charge in [-0.15, -0.1) is 11.3 Å². The molecule has 0 saturated carbocycles. The molecular weight excluding hydrogens is 346 g/mol. The first-order valence-corrected chi connectivity index (χ1v) is 8.95. The summed E-state index contributed by atoms with van der Waals surface area (Å²) in [4.78, 5) is 16.7. The largest absolute Gasteiger partial charge is 0.497 e. The normalized spacial score (nSPS) is 10.2. The summed E-state index contributed by atoms with van der Waals surface area (Å²) in [6, 6.07) is 16.7. The molecule has 6 heteroatoms. The number of ether oxygens (including phenoxy) is 1. The Balaban J connectivity index is 1.59. The van der Waals surface area contributed by atoms with Crippen LogP contribution in [0.3, 0.4) is 0 Å². The van der Waals surface area contributed by atoms with Crippen molar-refractivity contribution in [2.45, 2.75) is 12.8 Å². The molecule has 1 heterocycles. The van der Waals surface area contributed by atoms with Crippen LogP contribution in [0.25, 0.3) is 11.3 Å². The molecule has 0 aliphatic carbocycles. The molecule has 1 aromatic heterocycles. The summed E-state index contributed by atoms with van der Waals surface area (Å²) in [5, 5.41) is 14.7. The topological polar surface area (TPSA) is 75.0 Å². The molecule has 3 rings (SSSR count). The van der Waals surface area contributed by atoms with E-state index < -0.39 is 0 Å². The van der Waals surface area contributed by atoms with Crippen LogP contribution in [0.4, 0.5) is 5.69 Å². The Labute approximate surface area is 155 Å². The minimum Gasteiger partial charge on any atom is -0.497 e. The van der Waals surface area contributed by atoms with E-state index in [1.807, 2.05) is 29.6 Å². The van der Waals surface area contributed by atoms with E-state index in [1.165, 1.54) is 11.3 Å². The summed E-state index contributed by atoms with van der Waals surface area (Å²) in [6.07, 6.45) is 0.872. The number of para-hydroxylation sites is 1. The van der Waals surface area contributed by atoms with E-state index in [4.69, 9.17) is 10.00 Å². The summed E-state index contributed by atoms with van der Waals surface area (Å²) in [6.45, 7) is 0. The van der Waals surface area contributed by atoms with Crippen molar-refractivity contribution < 1.29 is 9.53 Å². The molecule has 0 aliphatic rings. The summed E-state index contributed by atoms with van der Waals surface area (Å²) in [7, 11) is 1.63. The molecule has 5 nitrogen and oxygen atoms in total. The van der Waals surface area contributed by atoms with Gasteiger partial charge in [0.2, 0.25) is 5.91 Å². The van der Waals surface area contributed by atoms with E-state index in [-0.39, 0.29) is 5.91 Å². The number of aromatic nitrogens is 1. The maximum atomic E-state index is 12.1. The van der Waals surface area contributed by atoms with Crippen LogP contribution in [0.2, 0.25) is 0 Å². The Bertz CT molecular complexity index is 942. The molecule has 1 N–H and O–H groups in total. The standard InChI is InChI=1S/C20H17N3O2S/c1-25-16-8-6-14(7-9-16)18-13-26-20(23-18)11-10-19(24)22-17-5-3-2-4-15(17)12-21/h2-9,13H,10-11H2,1H3,(H,22,24).